The lowest BCUT2D eigenvalue weighted by Crippen LogP contribution is -1.98. The number of carbonyl (C=O) groups excluding carboxylic acids is 1. The third-order valence-corrected chi connectivity index (χ3v) is 2.56. The Kier molecular flexibility index (Phi) is 3.44. The first-order valence-electron chi connectivity index (χ1n) is 5.04. The number of aromatic nitrogens is 2. The van der Waals surface area contributed by atoms with Crippen LogP contribution in [0.4, 0.5) is 0 Å². The van der Waals surface area contributed by atoms with Crippen molar-refractivity contribution >= 4 is 17.9 Å². The van der Waals surface area contributed by atoms with Gasteiger partial charge in [-0.3, -0.25) is 9.48 Å². The molecule has 2 rings (SSSR count). The molecule has 0 aliphatic rings. The number of aldehydes is 1. The molecule has 0 radical (unpaired) electrons. The summed E-state index contributed by atoms with van der Waals surface area (Å²) in [5.41, 5.74) is 1.37. The minimum Gasteiger partial charge on any atom is -0.486 e. The number of rotatable bonds is 4. The van der Waals surface area contributed by atoms with Crippen LogP contribution in [0.15, 0.2) is 30.6 Å². The fourth-order valence-corrected chi connectivity index (χ4v) is 1.71. The van der Waals surface area contributed by atoms with E-state index in [2.05, 4.69) is 5.10 Å². The Bertz CT molecular complexity index is 537. The zero-order chi connectivity index (χ0) is 12.3. The van der Waals surface area contributed by atoms with Gasteiger partial charge in [-0.1, -0.05) is 17.7 Å². The van der Waals surface area contributed by atoms with E-state index in [-0.39, 0.29) is 0 Å². The molecule has 4 nitrogen and oxygen atoms in total. The second-order valence-electron chi connectivity index (χ2n) is 3.59. The van der Waals surface area contributed by atoms with Gasteiger partial charge in [0.2, 0.25) is 0 Å². The van der Waals surface area contributed by atoms with Gasteiger partial charge in [0.05, 0.1) is 16.8 Å². The Morgan fingerprint density at radius 1 is 1.53 bits per heavy atom. The molecule has 1 aromatic carbocycles. The van der Waals surface area contributed by atoms with Gasteiger partial charge in [-0.2, -0.15) is 5.10 Å². The lowest BCUT2D eigenvalue weighted by molar-refractivity contribution is 0.111. The number of benzene rings is 1. The van der Waals surface area contributed by atoms with Crippen LogP contribution < -0.4 is 4.74 Å². The highest BCUT2D eigenvalue weighted by atomic mass is 35.5. The normalized spacial score (nSPS) is 10.2. The van der Waals surface area contributed by atoms with Crippen molar-refractivity contribution in [1.82, 2.24) is 9.78 Å². The maximum atomic E-state index is 10.8. The smallest absolute Gasteiger partial charge is 0.153 e. The van der Waals surface area contributed by atoms with Gasteiger partial charge in [-0.15, -0.1) is 0 Å². The first kappa shape index (κ1) is 11.7. The second-order valence-corrected chi connectivity index (χ2v) is 3.99. The summed E-state index contributed by atoms with van der Waals surface area (Å²) in [4.78, 5) is 10.8. The van der Waals surface area contributed by atoms with Crippen molar-refractivity contribution in [2.45, 2.75) is 6.61 Å². The number of aryl methyl sites for hydroxylation is 1. The van der Waals surface area contributed by atoms with Crippen LogP contribution in [0.5, 0.6) is 5.75 Å². The minimum absolute atomic E-state index is 0.332. The van der Waals surface area contributed by atoms with Gasteiger partial charge in [0.1, 0.15) is 12.4 Å². The minimum atomic E-state index is 0.332. The highest BCUT2D eigenvalue weighted by molar-refractivity contribution is 6.32. The SMILES string of the molecule is Cn1cc(COc2c(Cl)cccc2C=O)cn1. The van der Waals surface area contributed by atoms with E-state index in [1.54, 1.807) is 29.1 Å². The number of carbonyl (C=O) groups is 1. The van der Waals surface area contributed by atoms with E-state index >= 15 is 0 Å². The highest BCUT2D eigenvalue weighted by Crippen LogP contribution is 2.28. The molecule has 1 heterocycles. The van der Waals surface area contributed by atoms with Crippen molar-refractivity contribution in [1.29, 1.82) is 0 Å². The third kappa shape index (κ3) is 2.65. The van der Waals surface area contributed by atoms with Gasteiger partial charge in [-0.05, 0) is 12.1 Å². The predicted octanol–water partition coefficient (Wildman–Crippen LogP) is 2.47. The summed E-state index contributed by atoms with van der Waals surface area (Å²) in [5.74, 6) is 0.410. The number of hydrogen-bond acceptors (Lipinski definition) is 3. The summed E-state index contributed by atoms with van der Waals surface area (Å²) in [7, 11) is 1.83. The summed E-state index contributed by atoms with van der Waals surface area (Å²) in [6, 6.07) is 5.06. The van der Waals surface area contributed by atoms with Gasteiger partial charge in [0.15, 0.2) is 6.29 Å². The van der Waals surface area contributed by atoms with Gasteiger partial charge >= 0.3 is 0 Å². The molecule has 0 fully saturated rings. The molecule has 2 aromatic rings. The molecular formula is C12H11ClN2O2. The molecule has 17 heavy (non-hydrogen) atoms. The van der Waals surface area contributed by atoms with Crippen LogP contribution >= 0.6 is 11.6 Å². The summed E-state index contributed by atoms with van der Waals surface area (Å²) < 4.78 is 7.23. The fraction of sp³-hybridized carbons (Fsp3) is 0.167. The van der Waals surface area contributed by atoms with E-state index in [9.17, 15) is 4.79 Å². The van der Waals surface area contributed by atoms with Crippen LogP contribution in [0.3, 0.4) is 0 Å². The van der Waals surface area contributed by atoms with E-state index in [0.29, 0.717) is 22.9 Å². The van der Waals surface area contributed by atoms with Crippen LogP contribution in [0.2, 0.25) is 5.02 Å². The Hall–Kier alpha value is -1.81. The molecule has 5 heteroatoms. The maximum absolute atomic E-state index is 10.8. The zero-order valence-corrected chi connectivity index (χ0v) is 10.0. The van der Waals surface area contributed by atoms with E-state index in [0.717, 1.165) is 11.8 Å². The van der Waals surface area contributed by atoms with Crippen LogP contribution in [0, 0.1) is 0 Å². The topological polar surface area (TPSA) is 44.1 Å². The van der Waals surface area contributed by atoms with E-state index in [1.165, 1.54) is 0 Å². The number of para-hydroxylation sites is 1. The molecular weight excluding hydrogens is 240 g/mol. The second kappa shape index (κ2) is 5.01. The molecule has 0 spiro atoms. The summed E-state index contributed by atoms with van der Waals surface area (Å²) in [6.45, 7) is 0.332. The van der Waals surface area contributed by atoms with Crippen molar-refractivity contribution in [2.24, 2.45) is 7.05 Å². The van der Waals surface area contributed by atoms with Gasteiger partial charge < -0.3 is 4.74 Å². The third-order valence-electron chi connectivity index (χ3n) is 2.27. The quantitative estimate of drug-likeness (QED) is 0.783. The average molecular weight is 251 g/mol. The Morgan fingerprint density at radius 2 is 2.35 bits per heavy atom. The molecule has 0 N–H and O–H groups in total. The molecule has 0 aliphatic heterocycles. The van der Waals surface area contributed by atoms with Crippen LogP contribution in [-0.2, 0) is 13.7 Å². The number of ether oxygens (including phenoxy) is 1. The molecule has 0 atom stereocenters. The van der Waals surface area contributed by atoms with E-state index < -0.39 is 0 Å². The molecule has 0 saturated heterocycles. The van der Waals surface area contributed by atoms with Crippen LogP contribution in [-0.4, -0.2) is 16.1 Å². The number of nitrogens with zero attached hydrogens (tertiary/aromatic N) is 2. The monoisotopic (exact) mass is 250 g/mol. The summed E-state index contributed by atoms with van der Waals surface area (Å²) in [6.07, 6.45) is 4.28. The number of halogens is 1. The Morgan fingerprint density at radius 3 is 3.00 bits per heavy atom. The highest BCUT2D eigenvalue weighted by Gasteiger charge is 2.08. The van der Waals surface area contributed by atoms with E-state index in [1.807, 2.05) is 13.2 Å². The average Bonchev–Trinajstić information content (AvgIpc) is 2.73. The maximum Gasteiger partial charge on any atom is 0.153 e. The zero-order valence-electron chi connectivity index (χ0n) is 9.26. The first-order chi connectivity index (χ1) is 8.20. The van der Waals surface area contributed by atoms with Gasteiger partial charge in [-0.25, -0.2) is 0 Å². The van der Waals surface area contributed by atoms with Gasteiger partial charge in [0, 0.05) is 18.8 Å². The standard InChI is InChI=1S/C12H11ClN2O2/c1-15-6-9(5-14-15)8-17-12-10(7-16)3-2-4-11(12)13/h2-7H,8H2,1H3. The largest absolute Gasteiger partial charge is 0.486 e. The lowest BCUT2D eigenvalue weighted by atomic mass is 10.2. The molecule has 0 unspecified atom stereocenters. The van der Waals surface area contributed by atoms with Crippen LogP contribution in [0.25, 0.3) is 0 Å². The molecule has 88 valence electrons. The van der Waals surface area contributed by atoms with Crippen molar-refractivity contribution in [3.8, 4) is 5.75 Å². The van der Waals surface area contributed by atoms with Crippen molar-refractivity contribution in [3.63, 3.8) is 0 Å². The Balaban J connectivity index is 2.16. The van der Waals surface area contributed by atoms with Crippen LogP contribution in [0.1, 0.15) is 15.9 Å². The Labute approximate surface area is 104 Å². The molecule has 0 amide bonds. The molecule has 0 saturated carbocycles. The van der Waals surface area contributed by atoms with Crippen molar-refractivity contribution in [3.05, 3.63) is 46.7 Å². The predicted molar refractivity (Wildman–Crippen MR) is 64.4 cm³/mol. The lowest BCUT2D eigenvalue weighted by Gasteiger charge is -2.08. The van der Waals surface area contributed by atoms with Crippen molar-refractivity contribution < 1.29 is 9.53 Å². The number of hydrogen-bond donors (Lipinski definition) is 0. The molecule has 1 aromatic heterocycles. The summed E-state index contributed by atoms with van der Waals surface area (Å²) in [5, 5.41) is 4.46. The fourth-order valence-electron chi connectivity index (χ4n) is 1.47. The molecule has 0 aliphatic carbocycles. The van der Waals surface area contributed by atoms with Gasteiger partial charge in [0.25, 0.3) is 0 Å². The summed E-state index contributed by atoms with van der Waals surface area (Å²) >= 11 is 5.97. The van der Waals surface area contributed by atoms with Crippen molar-refractivity contribution in [2.75, 3.05) is 0 Å². The van der Waals surface area contributed by atoms with E-state index in [4.69, 9.17) is 16.3 Å². The first-order valence-corrected chi connectivity index (χ1v) is 5.42. The molecule has 0 bridgehead atoms.